The summed E-state index contributed by atoms with van der Waals surface area (Å²) in [5.41, 5.74) is -1.02. The highest BCUT2D eigenvalue weighted by atomic mass is 16.6. The molecule has 0 unspecified atom stereocenters. The highest BCUT2D eigenvalue weighted by Gasteiger charge is 2.16. The highest BCUT2D eigenvalue weighted by molar-refractivity contribution is 5.67. The minimum absolute atomic E-state index is 0.381. The van der Waals surface area contributed by atoms with E-state index in [0.29, 0.717) is 79.2 Å². The van der Waals surface area contributed by atoms with Crippen LogP contribution in [0, 0.1) is 0 Å². The summed E-state index contributed by atoms with van der Waals surface area (Å²) in [5, 5.41) is 5.23. The minimum atomic E-state index is -0.509. The molecule has 0 rings (SSSR count). The van der Waals surface area contributed by atoms with E-state index in [1.165, 1.54) is 0 Å². The van der Waals surface area contributed by atoms with Crippen LogP contribution in [0.2, 0.25) is 0 Å². The van der Waals surface area contributed by atoms with E-state index in [1.54, 1.807) is 0 Å². The molecule has 0 fully saturated rings. The fourth-order valence-corrected chi connectivity index (χ4v) is 2.06. The molecule has 0 aliphatic heterocycles. The van der Waals surface area contributed by atoms with Gasteiger partial charge in [-0.15, -0.1) is 0 Å². The van der Waals surface area contributed by atoms with Crippen LogP contribution in [0.3, 0.4) is 0 Å². The van der Waals surface area contributed by atoms with E-state index < -0.39 is 23.4 Å². The summed E-state index contributed by atoms with van der Waals surface area (Å²) >= 11 is 0. The molecule has 0 aliphatic carbocycles. The lowest BCUT2D eigenvalue weighted by atomic mass is 10.2. The smallest absolute Gasteiger partial charge is 0.407 e. The normalized spacial score (nSPS) is 11.8. The van der Waals surface area contributed by atoms with Crippen LogP contribution in [0.5, 0.6) is 0 Å². The Bertz CT molecular complexity index is 461. The lowest BCUT2D eigenvalue weighted by molar-refractivity contribution is -0.0109. The van der Waals surface area contributed by atoms with Crippen LogP contribution in [0.25, 0.3) is 0 Å². The van der Waals surface area contributed by atoms with E-state index in [4.69, 9.17) is 33.2 Å². The first kappa shape index (κ1) is 31.3. The van der Waals surface area contributed by atoms with Gasteiger partial charge in [-0.25, -0.2) is 9.59 Å². The van der Waals surface area contributed by atoms with Crippen molar-refractivity contribution in [2.24, 2.45) is 0 Å². The molecule has 11 nitrogen and oxygen atoms in total. The zero-order chi connectivity index (χ0) is 25.0. The standard InChI is InChI=1S/C22H44N2O9/c1-21(2,3)32-19(25)23-7-9-27-11-13-29-15-17-31-18-16-30-14-12-28-10-8-24-20(26)33-22(4,5)6/h7-18H2,1-6H3,(H,23,25)(H,24,26). The Balaban J connectivity index is 3.22. The average molecular weight is 481 g/mol. The Labute approximate surface area is 198 Å². The summed E-state index contributed by atoms with van der Waals surface area (Å²) in [6.45, 7) is 16.0. The van der Waals surface area contributed by atoms with Crippen molar-refractivity contribution in [2.75, 3.05) is 79.2 Å². The first-order valence-corrected chi connectivity index (χ1v) is 11.3. The first-order chi connectivity index (χ1) is 15.5. The topological polar surface area (TPSA) is 123 Å². The van der Waals surface area contributed by atoms with Gasteiger partial charge in [0.1, 0.15) is 11.2 Å². The van der Waals surface area contributed by atoms with Crippen molar-refractivity contribution < 1.29 is 42.7 Å². The molecule has 0 aromatic heterocycles. The van der Waals surface area contributed by atoms with Crippen molar-refractivity contribution >= 4 is 12.2 Å². The van der Waals surface area contributed by atoms with Gasteiger partial charge in [-0.05, 0) is 41.5 Å². The summed E-state index contributed by atoms with van der Waals surface area (Å²) in [5.74, 6) is 0. The summed E-state index contributed by atoms with van der Waals surface area (Å²) in [6, 6.07) is 0. The van der Waals surface area contributed by atoms with Crippen LogP contribution < -0.4 is 10.6 Å². The second-order valence-electron chi connectivity index (χ2n) is 8.92. The van der Waals surface area contributed by atoms with Gasteiger partial charge in [-0.3, -0.25) is 0 Å². The van der Waals surface area contributed by atoms with Crippen LogP contribution in [-0.2, 0) is 33.2 Å². The molecule has 196 valence electrons. The molecule has 0 saturated heterocycles. The number of rotatable bonds is 18. The number of carbonyl (C=O) groups excluding carboxylic acids is 2. The SMILES string of the molecule is CC(C)(C)OC(=O)NCCOCCOCCOCCOCCOCCNC(=O)OC(C)(C)C. The Hall–Kier alpha value is -1.66. The molecule has 0 atom stereocenters. The maximum absolute atomic E-state index is 11.4. The van der Waals surface area contributed by atoms with Gasteiger partial charge in [-0.2, -0.15) is 0 Å². The van der Waals surface area contributed by atoms with E-state index in [-0.39, 0.29) is 0 Å². The molecule has 0 aromatic rings. The number of carbonyl (C=O) groups is 2. The van der Waals surface area contributed by atoms with E-state index in [1.807, 2.05) is 41.5 Å². The lowest BCUT2D eigenvalue weighted by Crippen LogP contribution is -2.34. The largest absolute Gasteiger partial charge is 0.444 e. The second kappa shape index (κ2) is 18.7. The third kappa shape index (κ3) is 26.5. The van der Waals surface area contributed by atoms with E-state index >= 15 is 0 Å². The van der Waals surface area contributed by atoms with Gasteiger partial charge < -0.3 is 43.8 Å². The van der Waals surface area contributed by atoms with E-state index in [2.05, 4.69) is 10.6 Å². The number of amides is 2. The van der Waals surface area contributed by atoms with Gasteiger partial charge in [0.05, 0.1) is 66.1 Å². The minimum Gasteiger partial charge on any atom is -0.444 e. The lowest BCUT2D eigenvalue weighted by Gasteiger charge is -2.19. The first-order valence-electron chi connectivity index (χ1n) is 11.3. The van der Waals surface area contributed by atoms with Crippen LogP contribution in [-0.4, -0.2) is 103 Å². The van der Waals surface area contributed by atoms with Crippen molar-refractivity contribution in [2.45, 2.75) is 52.7 Å². The van der Waals surface area contributed by atoms with Crippen LogP contribution in [0.15, 0.2) is 0 Å². The summed E-state index contributed by atoms with van der Waals surface area (Å²) in [7, 11) is 0. The molecule has 33 heavy (non-hydrogen) atoms. The van der Waals surface area contributed by atoms with Crippen molar-refractivity contribution in [3.8, 4) is 0 Å². The van der Waals surface area contributed by atoms with Gasteiger partial charge >= 0.3 is 12.2 Å². The van der Waals surface area contributed by atoms with Gasteiger partial charge in [-0.1, -0.05) is 0 Å². The molecule has 0 saturated carbocycles. The van der Waals surface area contributed by atoms with Crippen LogP contribution in [0.4, 0.5) is 9.59 Å². The predicted octanol–water partition coefficient (Wildman–Crippen LogP) is 2.12. The number of ether oxygens (including phenoxy) is 7. The van der Waals surface area contributed by atoms with Gasteiger partial charge in [0, 0.05) is 13.1 Å². The molecule has 0 radical (unpaired) electrons. The predicted molar refractivity (Wildman–Crippen MR) is 123 cm³/mol. The van der Waals surface area contributed by atoms with E-state index in [9.17, 15) is 9.59 Å². The fourth-order valence-electron chi connectivity index (χ4n) is 2.06. The number of nitrogens with one attached hydrogen (secondary N) is 2. The summed E-state index contributed by atoms with van der Waals surface area (Å²) < 4.78 is 37.1. The van der Waals surface area contributed by atoms with Crippen molar-refractivity contribution in [3.63, 3.8) is 0 Å². The van der Waals surface area contributed by atoms with Crippen molar-refractivity contribution in [1.29, 1.82) is 0 Å². The van der Waals surface area contributed by atoms with E-state index in [0.717, 1.165) is 0 Å². The Morgan fingerprint density at radius 3 is 0.970 bits per heavy atom. The highest BCUT2D eigenvalue weighted by Crippen LogP contribution is 2.06. The summed E-state index contributed by atoms with van der Waals surface area (Å²) in [4.78, 5) is 22.9. The fraction of sp³-hybridized carbons (Fsp3) is 0.909. The molecule has 2 N–H and O–H groups in total. The molecule has 0 bridgehead atoms. The van der Waals surface area contributed by atoms with Crippen molar-refractivity contribution in [1.82, 2.24) is 10.6 Å². The van der Waals surface area contributed by atoms with Crippen LogP contribution >= 0.6 is 0 Å². The van der Waals surface area contributed by atoms with Crippen molar-refractivity contribution in [3.05, 3.63) is 0 Å². The Kier molecular flexibility index (Phi) is 17.8. The maximum Gasteiger partial charge on any atom is 0.407 e. The Morgan fingerprint density at radius 1 is 0.485 bits per heavy atom. The van der Waals surface area contributed by atoms with Gasteiger partial charge in [0.2, 0.25) is 0 Å². The third-order valence-electron chi connectivity index (χ3n) is 3.32. The molecular weight excluding hydrogens is 436 g/mol. The molecule has 0 aliphatic rings. The molecular formula is C22H44N2O9. The van der Waals surface area contributed by atoms with Gasteiger partial charge in [0.15, 0.2) is 0 Å². The zero-order valence-electron chi connectivity index (χ0n) is 21.2. The number of hydrogen-bond acceptors (Lipinski definition) is 9. The molecule has 0 spiro atoms. The number of alkyl carbamates (subject to hydrolysis) is 2. The van der Waals surface area contributed by atoms with Crippen LogP contribution in [0.1, 0.15) is 41.5 Å². The Morgan fingerprint density at radius 2 is 0.727 bits per heavy atom. The third-order valence-corrected chi connectivity index (χ3v) is 3.32. The molecule has 11 heteroatoms. The monoisotopic (exact) mass is 480 g/mol. The zero-order valence-corrected chi connectivity index (χ0v) is 21.2. The van der Waals surface area contributed by atoms with Gasteiger partial charge in [0.25, 0.3) is 0 Å². The molecule has 0 aromatic carbocycles. The number of hydrogen-bond donors (Lipinski definition) is 2. The maximum atomic E-state index is 11.4. The molecule has 0 heterocycles. The molecule has 2 amide bonds. The summed E-state index contributed by atoms with van der Waals surface area (Å²) in [6.07, 6.45) is -0.910. The average Bonchev–Trinajstić information content (AvgIpc) is 2.67. The quantitative estimate of drug-likeness (QED) is 0.284. The second-order valence-corrected chi connectivity index (χ2v) is 8.92.